The Morgan fingerprint density at radius 2 is 1.57 bits per heavy atom. The molecule has 0 aromatic heterocycles. The molecule has 6 rings (SSSR count). The Hall–Kier alpha value is -3.41. The number of rotatable bonds is 5. The summed E-state index contributed by atoms with van der Waals surface area (Å²) in [7, 11) is 3.40. The van der Waals surface area contributed by atoms with Crippen LogP contribution in [0.1, 0.15) is 42.0 Å². The zero-order valence-corrected chi connectivity index (χ0v) is 22.4. The van der Waals surface area contributed by atoms with Crippen LogP contribution >= 0.6 is 23.4 Å². The van der Waals surface area contributed by atoms with Gasteiger partial charge in [0.05, 0.1) is 31.7 Å². The summed E-state index contributed by atoms with van der Waals surface area (Å²) in [5.74, 6) is 1.72. The second-order valence-corrected chi connectivity index (χ2v) is 10.5. The fourth-order valence-electron chi connectivity index (χ4n) is 5.23. The first kappa shape index (κ1) is 24.0. The highest BCUT2D eigenvalue weighted by atomic mass is 35.5. The molecule has 0 radical (unpaired) electrons. The zero-order chi connectivity index (χ0) is 25.4. The number of methoxy groups -OCH3 is 2. The number of fused-ring (bicyclic) bond motifs is 1. The highest BCUT2D eigenvalue weighted by Gasteiger charge is 2.40. The van der Waals surface area contributed by atoms with Crippen LogP contribution in [-0.4, -0.2) is 24.3 Å². The quantitative estimate of drug-likeness (QED) is 0.334. The molecule has 1 aliphatic carbocycles. The summed E-state index contributed by atoms with van der Waals surface area (Å²) >= 11 is 7.89. The Bertz CT molecular complexity index is 1440. The van der Waals surface area contributed by atoms with Crippen LogP contribution in [0.2, 0.25) is 5.02 Å². The van der Waals surface area contributed by atoms with E-state index in [9.17, 15) is 0 Å². The van der Waals surface area contributed by atoms with E-state index in [1.807, 2.05) is 36.4 Å². The van der Waals surface area contributed by atoms with Gasteiger partial charge in [0.2, 0.25) is 0 Å². The maximum atomic E-state index is 6.20. The van der Waals surface area contributed by atoms with E-state index < -0.39 is 0 Å². The minimum Gasteiger partial charge on any atom is -0.497 e. The lowest BCUT2D eigenvalue weighted by Gasteiger charge is -2.40. The summed E-state index contributed by atoms with van der Waals surface area (Å²) in [5, 5.41) is 3.95. The lowest BCUT2D eigenvalue weighted by molar-refractivity contribution is 0.413. The highest BCUT2D eigenvalue weighted by Crippen LogP contribution is 2.51. The molecule has 1 atom stereocenters. The van der Waals surface area contributed by atoms with Crippen molar-refractivity contribution >= 4 is 40.3 Å². The minimum absolute atomic E-state index is 0.0601. The predicted octanol–water partition coefficient (Wildman–Crippen LogP) is 8.34. The summed E-state index contributed by atoms with van der Waals surface area (Å²) in [6.45, 7) is 0. The summed E-state index contributed by atoms with van der Waals surface area (Å²) in [5.41, 5.74) is 8.46. The SMILES string of the molecule is COc1ccc(/C=C2\CCCC3=C2N=C2SC=C(c4ccc(Cl)cc4)N2C3c2ccc(OC)cc2)cc1. The van der Waals surface area contributed by atoms with Gasteiger partial charge in [-0.15, -0.1) is 0 Å². The number of allylic oxidation sites excluding steroid dienone is 1. The lowest BCUT2D eigenvalue weighted by Crippen LogP contribution is -2.34. The molecular weight excluding hydrogens is 500 g/mol. The molecule has 0 spiro atoms. The first-order chi connectivity index (χ1) is 18.1. The molecule has 2 aliphatic heterocycles. The molecule has 3 aromatic carbocycles. The maximum Gasteiger partial charge on any atom is 0.174 e. The minimum atomic E-state index is 0.0601. The molecule has 3 aliphatic rings. The van der Waals surface area contributed by atoms with Crippen molar-refractivity contribution < 1.29 is 9.47 Å². The number of halogens is 1. The van der Waals surface area contributed by atoms with Crippen molar-refractivity contribution in [2.75, 3.05) is 14.2 Å². The number of hydrogen-bond donors (Lipinski definition) is 0. The molecule has 0 amide bonds. The van der Waals surface area contributed by atoms with Crippen LogP contribution in [0.5, 0.6) is 11.5 Å². The molecule has 37 heavy (non-hydrogen) atoms. The molecule has 186 valence electrons. The summed E-state index contributed by atoms with van der Waals surface area (Å²) in [4.78, 5) is 7.66. The van der Waals surface area contributed by atoms with Crippen LogP contribution in [0.4, 0.5) is 0 Å². The Balaban J connectivity index is 1.46. The molecule has 0 N–H and O–H groups in total. The van der Waals surface area contributed by atoms with E-state index in [-0.39, 0.29) is 6.04 Å². The molecule has 4 nitrogen and oxygen atoms in total. The van der Waals surface area contributed by atoms with Crippen LogP contribution in [0.15, 0.2) is 100 Å². The van der Waals surface area contributed by atoms with Crippen molar-refractivity contribution in [3.05, 3.63) is 117 Å². The van der Waals surface area contributed by atoms with Crippen LogP contribution in [0.25, 0.3) is 11.8 Å². The highest BCUT2D eigenvalue weighted by molar-refractivity contribution is 8.16. The number of aliphatic imine (C=N–C) groups is 1. The van der Waals surface area contributed by atoms with Gasteiger partial charge in [0.25, 0.3) is 0 Å². The van der Waals surface area contributed by atoms with Gasteiger partial charge in [0.15, 0.2) is 5.17 Å². The van der Waals surface area contributed by atoms with Gasteiger partial charge >= 0.3 is 0 Å². The van der Waals surface area contributed by atoms with Crippen LogP contribution in [0, 0.1) is 0 Å². The monoisotopic (exact) mass is 526 g/mol. The van der Waals surface area contributed by atoms with Crippen LogP contribution in [0.3, 0.4) is 0 Å². The van der Waals surface area contributed by atoms with Gasteiger partial charge in [-0.1, -0.05) is 59.8 Å². The number of amidine groups is 1. The Labute approximate surface area is 227 Å². The van der Waals surface area contributed by atoms with Gasteiger partial charge in [-0.25, -0.2) is 4.99 Å². The normalized spacial score (nSPS) is 19.8. The van der Waals surface area contributed by atoms with Gasteiger partial charge in [-0.3, -0.25) is 0 Å². The van der Waals surface area contributed by atoms with Gasteiger partial charge in [-0.05, 0) is 89.6 Å². The van der Waals surface area contributed by atoms with E-state index in [0.717, 1.165) is 63.5 Å². The second-order valence-electron chi connectivity index (χ2n) is 9.24. The van der Waals surface area contributed by atoms with Crippen LogP contribution < -0.4 is 9.47 Å². The fourth-order valence-corrected chi connectivity index (χ4v) is 6.29. The molecule has 0 saturated carbocycles. The summed E-state index contributed by atoms with van der Waals surface area (Å²) < 4.78 is 10.8. The summed E-state index contributed by atoms with van der Waals surface area (Å²) in [6, 6.07) is 24.8. The standard InChI is InChI=1S/C31H27ClN2O2S/c1-35-25-14-6-20(7-15-25)18-23-4-3-5-27-29(23)33-31-34(30(27)22-10-16-26(36-2)17-11-22)28(19-37-31)21-8-12-24(32)13-9-21/h6-19,30H,3-5H2,1-2H3/b23-18+. The third-order valence-corrected chi connectivity index (χ3v) is 8.16. The Morgan fingerprint density at radius 3 is 2.24 bits per heavy atom. The van der Waals surface area contributed by atoms with E-state index in [2.05, 4.69) is 52.8 Å². The molecule has 0 fully saturated rings. The summed E-state index contributed by atoms with van der Waals surface area (Å²) in [6.07, 6.45) is 5.40. The average molecular weight is 527 g/mol. The predicted molar refractivity (Wildman–Crippen MR) is 154 cm³/mol. The fraction of sp³-hybridized carbons (Fsp3) is 0.194. The number of hydrogen-bond acceptors (Lipinski definition) is 5. The number of nitrogens with zero attached hydrogens (tertiary/aromatic N) is 2. The first-order valence-corrected chi connectivity index (χ1v) is 13.6. The van der Waals surface area contributed by atoms with Crippen molar-refractivity contribution in [1.82, 2.24) is 4.90 Å². The smallest absolute Gasteiger partial charge is 0.174 e. The third-order valence-electron chi connectivity index (χ3n) is 7.07. The van der Waals surface area contributed by atoms with Gasteiger partial charge in [0.1, 0.15) is 11.5 Å². The van der Waals surface area contributed by atoms with Gasteiger partial charge in [0, 0.05) is 10.4 Å². The second kappa shape index (κ2) is 10.2. The molecule has 3 aromatic rings. The number of benzene rings is 3. The molecule has 2 heterocycles. The first-order valence-electron chi connectivity index (χ1n) is 12.4. The average Bonchev–Trinajstić information content (AvgIpc) is 3.36. The number of ether oxygens (including phenoxy) is 2. The van der Waals surface area contributed by atoms with E-state index in [0.29, 0.717) is 0 Å². The number of thioether (sulfide) groups is 1. The van der Waals surface area contributed by atoms with E-state index in [1.165, 1.54) is 16.7 Å². The van der Waals surface area contributed by atoms with Crippen molar-refractivity contribution in [3.8, 4) is 11.5 Å². The van der Waals surface area contributed by atoms with Gasteiger partial charge < -0.3 is 14.4 Å². The molecule has 0 bridgehead atoms. The van der Waals surface area contributed by atoms with E-state index >= 15 is 0 Å². The molecular formula is C31H27ClN2O2S. The maximum absolute atomic E-state index is 6.20. The van der Waals surface area contributed by atoms with Crippen LogP contribution in [-0.2, 0) is 0 Å². The molecule has 1 unspecified atom stereocenters. The molecule has 6 heteroatoms. The van der Waals surface area contributed by atoms with Crippen molar-refractivity contribution in [1.29, 1.82) is 0 Å². The van der Waals surface area contributed by atoms with Crippen molar-refractivity contribution in [2.45, 2.75) is 25.3 Å². The van der Waals surface area contributed by atoms with Gasteiger partial charge in [-0.2, -0.15) is 0 Å². The van der Waals surface area contributed by atoms with Crippen molar-refractivity contribution in [3.63, 3.8) is 0 Å². The topological polar surface area (TPSA) is 34.1 Å². The molecule has 0 saturated heterocycles. The lowest BCUT2D eigenvalue weighted by atomic mass is 9.82. The van der Waals surface area contributed by atoms with E-state index in [1.54, 1.807) is 26.0 Å². The zero-order valence-electron chi connectivity index (χ0n) is 20.8. The largest absolute Gasteiger partial charge is 0.497 e. The third kappa shape index (κ3) is 4.58. The Kier molecular flexibility index (Phi) is 6.58. The van der Waals surface area contributed by atoms with E-state index in [4.69, 9.17) is 26.1 Å². The van der Waals surface area contributed by atoms with Crippen molar-refractivity contribution in [2.24, 2.45) is 4.99 Å². The Morgan fingerprint density at radius 1 is 0.892 bits per heavy atom.